The number of hydrogen-bond donors (Lipinski definition) is 1. The van der Waals surface area contributed by atoms with Crippen LogP contribution in [0, 0.1) is 5.82 Å². The standard InChI is InChI=1S/C22H24FN5O3S2/c1-27-9-10-28(20(13-27)15-2-4-16(23)5-3-15)19-8-11-31-21-12-17(6-7-18(19)21)33(29,30)26-22-24-14-25-32-22/h2-7,12,14,19-20H,8-11,13H2,1H3,(H,24,25,26). The van der Waals surface area contributed by atoms with Crippen molar-refractivity contribution in [1.82, 2.24) is 19.2 Å². The quantitative estimate of drug-likeness (QED) is 0.588. The summed E-state index contributed by atoms with van der Waals surface area (Å²) in [5.74, 6) is 0.324. The zero-order chi connectivity index (χ0) is 23.0. The summed E-state index contributed by atoms with van der Waals surface area (Å²) in [5.41, 5.74) is 2.03. The predicted molar refractivity (Wildman–Crippen MR) is 123 cm³/mol. The molecule has 0 saturated carbocycles. The maximum absolute atomic E-state index is 13.5. The molecule has 0 bridgehead atoms. The fraction of sp³-hybridized carbons (Fsp3) is 0.364. The number of halogens is 1. The Morgan fingerprint density at radius 2 is 1.97 bits per heavy atom. The Morgan fingerprint density at radius 3 is 2.73 bits per heavy atom. The minimum Gasteiger partial charge on any atom is -0.493 e. The van der Waals surface area contributed by atoms with Gasteiger partial charge in [-0.3, -0.25) is 9.62 Å². The Morgan fingerprint density at radius 1 is 1.15 bits per heavy atom. The van der Waals surface area contributed by atoms with Crippen molar-refractivity contribution in [3.63, 3.8) is 0 Å². The number of aromatic nitrogens is 2. The third-order valence-electron chi connectivity index (χ3n) is 6.17. The first-order chi connectivity index (χ1) is 15.9. The molecule has 2 atom stereocenters. The Kier molecular flexibility index (Phi) is 6.04. The highest BCUT2D eigenvalue weighted by molar-refractivity contribution is 7.93. The molecule has 0 amide bonds. The van der Waals surface area contributed by atoms with Gasteiger partial charge in [-0.15, -0.1) is 0 Å². The van der Waals surface area contributed by atoms with Crippen LogP contribution in [0.4, 0.5) is 9.52 Å². The molecule has 1 aromatic heterocycles. The molecule has 2 aromatic carbocycles. The SMILES string of the molecule is CN1CCN(C2CCOc3cc(S(=O)(=O)Nc4ncns4)ccc32)C(c2ccc(F)cc2)C1. The minimum absolute atomic E-state index is 0.0744. The second-order valence-corrected chi connectivity index (χ2v) is 10.7. The van der Waals surface area contributed by atoms with Crippen molar-refractivity contribution in [3.05, 3.63) is 65.7 Å². The zero-order valence-corrected chi connectivity index (χ0v) is 19.7. The fourth-order valence-electron chi connectivity index (χ4n) is 4.54. The van der Waals surface area contributed by atoms with Crippen molar-refractivity contribution >= 4 is 26.7 Å². The smallest absolute Gasteiger partial charge is 0.263 e. The van der Waals surface area contributed by atoms with Crippen LogP contribution in [0.5, 0.6) is 5.75 Å². The fourth-order valence-corrected chi connectivity index (χ4v) is 6.22. The lowest BCUT2D eigenvalue weighted by Crippen LogP contribution is -2.49. The average molecular weight is 490 g/mol. The molecular weight excluding hydrogens is 465 g/mol. The summed E-state index contributed by atoms with van der Waals surface area (Å²) in [4.78, 5) is 8.71. The molecule has 11 heteroatoms. The van der Waals surface area contributed by atoms with Crippen molar-refractivity contribution in [1.29, 1.82) is 0 Å². The lowest BCUT2D eigenvalue weighted by molar-refractivity contribution is 0.0334. The zero-order valence-electron chi connectivity index (χ0n) is 18.0. The van der Waals surface area contributed by atoms with Gasteiger partial charge in [0.05, 0.1) is 11.5 Å². The van der Waals surface area contributed by atoms with E-state index in [2.05, 4.69) is 30.9 Å². The van der Waals surface area contributed by atoms with E-state index >= 15 is 0 Å². The topological polar surface area (TPSA) is 87.7 Å². The van der Waals surface area contributed by atoms with E-state index in [0.29, 0.717) is 12.4 Å². The third kappa shape index (κ3) is 4.58. The van der Waals surface area contributed by atoms with E-state index in [1.54, 1.807) is 12.1 Å². The van der Waals surface area contributed by atoms with Crippen LogP contribution in [0.2, 0.25) is 0 Å². The number of rotatable bonds is 5. The number of likely N-dealkylation sites (N-methyl/N-ethyl adjacent to an activating group) is 1. The summed E-state index contributed by atoms with van der Waals surface area (Å²) in [6, 6.07) is 11.9. The van der Waals surface area contributed by atoms with Crippen LogP contribution in [0.1, 0.15) is 29.6 Å². The number of hydrogen-bond acceptors (Lipinski definition) is 8. The molecule has 3 aromatic rings. The van der Waals surface area contributed by atoms with Gasteiger partial charge in [-0.25, -0.2) is 17.8 Å². The maximum atomic E-state index is 13.5. The molecule has 0 radical (unpaired) electrons. The van der Waals surface area contributed by atoms with Crippen molar-refractivity contribution in [2.24, 2.45) is 0 Å². The van der Waals surface area contributed by atoms with E-state index in [9.17, 15) is 12.8 Å². The third-order valence-corrected chi connectivity index (χ3v) is 8.21. The van der Waals surface area contributed by atoms with Gasteiger partial charge in [-0.2, -0.15) is 4.37 Å². The summed E-state index contributed by atoms with van der Waals surface area (Å²) < 4.78 is 51.3. The number of piperazine rings is 1. The van der Waals surface area contributed by atoms with E-state index < -0.39 is 10.0 Å². The highest BCUT2D eigenvalue weighted by Gasteiger charge is 2.36. The van der Waals surface area contributed by atoms with Crippen molar-refractivity contribution < 1.29 is 17.5 Å². The molecule has 2 aliphatic rings. The highest BCUT2D eigenvalue weighted by Crippen LogP contribution is 2.42. The van der Waals surface area contributed by atoms with Gasteiger partial charge in [0, 0.05) is 61.3 Å². The van der Waals surface area contributed by atoms with Crippen LogP contribution in [0.25, 0.3) is 0 Å². The molecule has 2 aliphatic heterocycles. The Bertz CT molecular complexity index is 1220. The lowest BCUT2D eigenvalue weighted by atomic mass is 9.93. The molecule has 1 saturated heterocycles. The number of ether oxygens (including phenoxy) is 1. The average Bonchev–Trinajstić information content (AvgIpc) is 3.31. The number of anilines is 1. The predicted octanol–water partition coefficient (Wildman–Crippen LogP) is 3.29. The van der Waals surface area contributed by atoms with E-state index in [0.717, 1.165) is 48.7 Å². The van der Waals surface area contributed by atoms with Crippen molar-refractivity contribution in [3.8, 4) is 5.75 Å². The number of nitrogens with zero attached hydrogens (tertiary/aromatic N) is 4. The van der Waals surface area contributed by atoms with Crippen molar-refractivity contribution in [2.75, 3.05) is 38.0 Å². The largest absolute Gasteiger partial charge is 0.493 e. The van der Waals surface area contributed by atoms with Crippen LogP contribution in [-0.4, -0.2) is 60.9 Å². The summed E-state index contributed by atoms with van der Waals surface area (Å²) in [6.07, 6.45) is 2.10. The van der Waals surface area contributed by atoms with E-state index in [1.165, 1.54) is 18.5 Å². The summed E-state index contributed by atoms with van der Waals surface area (Å²) >= 11 is 0.975. The van der Waals surface area contributed by atoms with Crippen LogP contribution < -0.4 is 9.46 Å². The molecular formula is C22H24FN5O3S2. The van der Waals surface area contributed by atoms with Gasteiger partial charge in [0.25, 0.3) is 10.0 Å². The van der Waals surface area contributed by atoms with Gasteiger partial charge in [-0.1, -0.05) is 18.2 Å². The molecule has 2 unspecified atom stereocenters. The number of sulfonamides is 1. The molecule has 1 fully saturated rings. The molecule has 0 spiro atoms. The second kappa shape index (κ2) is 8.98. The number of benzene rings is 2. The van der Waals surface area contributed by atoms with E-state index in [4.69, 9.17) is 4.74 Å². The van der Waals surface area contributed by atoms with Gasteiger partial charge in [0.2, 0.25) is 5.13 Å². The highest BCUT2D eigenvalue weighted by atomic mass is 32.2. The van der Waals surface area contributed by atoms with Crippen LogP contribution in [0.3, 0.4) is 0 Å². The molecule has 3 heterocycles. The Labute approximate surface area is 196 Å². The van der Waals surface area contributed by atoms with E-state index in [1.807, 2.05) is 18.2 Å². The summed E-state index contributed by atoms with van der Waals surface area (Å²) in [7, 11) is -1.71. The first-order valence-corrected chi connectivity index (χ1v) is 12.9. The second-order valence-electron chi connectivity index (χ2n) is 8.27. The Hall–Kier alpha value is -2.60. The van der Waals surface area contributed by atoms with Gasteiger partial charge < -0.3 is 9.64 Å². The van der Waals surface area contributed by atoms with Gasteiger partial charge in [-0.05, 0) is 30.8 Å². The maximum Gasteiger partial charge on any atom is 0.263 e. The van der Waals surface area contributed by atoms with Crippen LogP contribution in [0.15, 0.2) is 53.7 Å². The minimum atomic E-state index is -3.80. The molecule has 174 valence electrons. The van der Waals surface area contributed by atoms with Crippen LogP contribution in [-0.2, 0) is 10.0 Å². The molecule has 33 heavy (non-hydrogen) atoms. The van der Waals surface area contributed by atoms with Gasteiger partial charge in [0.1, 0.15) is 17.9 Å². The monoisotopic (exact) mass is 489 g/mol. The van der Waals surface area contributed by atoms with Gasteiger partial charge in [0.15, 0.2) is 0 Å². The van der Waals surface area contributed by atoms with E-state index in [-0.39, 0.29) is 27.9 Å². The molecule has 0 aliphatic carbocycles. The number of nitrogens with one attached hydrogen (secondary N) is 1. The number of fused-ring (bicyclic) bond motifs is 1. The summed E-state index contributed by atoms with van der Waals surface area (Å²) in [6.45, 7) is 3.09. The van der Waals surface area contributed by atoms with Gasteiger partial charge >= 0.3 is 0 Å². The van der Waals surface area contributed by atoms with Crippen LogP contribution >= 0.6 is 11.5 Å². The summed E-state index contributed by atoms with van der Waals surface area (Å²) in [5, 5.41) is 0.214. The molecule has 5 rings (SSSR count). The first-order valence-electron chi connectivity index (χ1n) is 10.7. The molecule has 8 nitrogen and oxygen atoms in total. The Balaban J connectivity index is 1.45. The first kappa shape index (κ1) is 22.2. The molecule has 1 N–H and O–H groups in total. The lowest BCUT2D eigenvalue weighted by Gasteiger charge is -2.46. The normalized spacial score (nSPS) is 21.9. The van der Waals surface area contributed by atoms with Crippen molar-refractivity contribution in [2.45, 2.75) is 23.4 Å².